The summed E-state index contributed by atoms with van der Waals surface area (Å²) >= 11 is 0. The van der Waals surface area contributed by atoms with Gasteiger partial charge >= 0.3 is 0 Å². The van der Waals surface area contributed by atoms with E-state index in [1.54, 1.807) is 16.9 Å². The Hall–Kier alpha value is -2.90. The van der Waals surface area contributed by atoms with Gasteiger partial charge < -0.3 is 10.1 Å². The number of ether oxygens (including phenoxy) is 1. The van der Waals surface area contributed by atoms with Gasteiger partial charge in [0.1, 0.15) is 5.75 Å². The van der Waals surface area contributed by atoms with Gasteiger partial charge in [-0.2, -0.15) is 5.10 Å². The molecule has 1 aromatic carbocycles. The molecule has 0 unspecified atom stereocenters. The van der Waals surface area contributed by atoms with Gasteiger partial charge in [0.15, 0.2) is 5.69 Å². The van der Waals surface area contributed by atoms with E-state index in [-0.39, 0.29) is 17.1 Å². The number of hydrogen-bond acceptors (Lipinski definition) is 5. The minimum absolute atomic E-state index is 0.134. The van der Waals surface area contributed by atoms with Crippen LogP contribution >= 0.6 is 0 Å². The Morgan fingerprint density at radius 3 is 2.81 bits per heavy atom. The highest BCUT2D eigenvalue weighted by Crippen LogP contribution is 2.29. The maximum Gasteiger partial charge on any atom is 0.276 e. The van der Waals surface area contributed by atoms with Gasteiger partial charge in [0, 0.05) is 24.9 Å². The van der Waals surface area contributed by atoms with Crippen LogP contribution in [0.3, 0.4) is 0 Å². The van der Waals surface area contributed by atoms with Gasteiger partial charge in [-0.25, -0.2) is 0 Å². The molecule has 0 atom stereocenters. The van der Waals surface area contributed by atoms with E-state index in [9.17, 15) is 14.9 Å². The molecule has 0 fully saturated rings. The third-order valence-electron chi connectivity index (χ3n) is 2.84. The third kappa shape index (κ3) is 3.16. The monoisotopic (exact) mass is 290 g/mol. The van der Waals surface area contributed by atoms with Gasteiger partial charge in [0.05, 0.1) is 17.7 Å². The molecule has 1 amide bonds. The molecule has 0 saturated heterocycles. The Morgan fingerprint density at radius 1 is 1.48 bits per heavy atom. The molecule has 0 bridgehead atoms. The standard InChI is InChI=1S/C13H14N4O4/c1-3-16-7-6-10(15-16)13(18)14-11-8-9(17(19)20)4-5-12(11)21-2/h4-8H,3H2,1-2H3,(H,14,18). The molecular formula is C13H14N4O4. The van der Waals surface area contributed by atoms with E-state index in [0.29, 0.717) is 12.3 Å². The van der Waals surface area contributed by atoms with Gasteiger partial charge in [-0.05, 0) is 19.1 Å². The Kier molecular flexibility index (Phi) is 4.17. The minimum Gasteiger partial charge on any atom is -0.495 e. The molecule has 8 nitrogen and oxygen atoms in total. The van der Waals surface area contributed by atoms with Crippen LogP contribution in [-0.4, -0.2) is 27.7 Å². The van der Waals surface area contributed by atoms with Crippen LogP contribution in [0.4, 0.5) is 11.4 Å². The van der Waals surface area contributed by atoms with Crippen LogP contribution in [0.25, 0.3) is 0 Å². The zero-order chi connectivity index (χ0) is 15.4. The number of rotatable bonds is 5. The number of aromatic nitrogens is 2. The highest BCUT2D eigenvalue weighted by atomic mass is 16.6. The molecule has 1 heterocycles. The van der Waals surface area contributed by atoms with Gasteiger partial charge in [-0.15, -0.1) is 0 Å². The van der Waals surface area contributed by atoms with Crippen molar-refractivity contribution in [1.82, 2.24) is 9.78 Å². The van der Waals surface area contributed by atoms with Gasteiger partial charge in [-0.3, -0.25) is 19.6 Å². The van der Waals surface area contributed by atoms with E-state index in [1.165, 1.54) is 25.3 Å². The summed E-state index contributed by atoms with van der Waals surface area (Å²) in [5.74, 6) is -0.120. The van der Waals surface area contributed by atoms with E-state index in [4.69, 9.17) is 4.74 Å². The first kappa shape index (κ1) is 14.5. The highest BCUT2D eigenvalue weighted by molar-refractivity contribution is 6.03. The van der Waals surface area contributed by atoms with E-state index in [2.05, 4.69) is 10.4 Å². The molecule has 0 spiro atoms. The van der Waals surface area contributed by atoms with E-state index in [0.717, 1.165) is 0 Å². The SMILES string of the molecule is CCn1ccc(C(=O)Nc2cc([N+](=O)[O-])ccc2OC)n1. The molecule has 0 aliphatic heterocycles. The van der Waals surface area contributed by atoms with Gasteiger partial charge in [0.2, 0.25) is 0 Å². The first-order valence-electron chi connectivity index (χ1n) is 6.22. The van der Waals surface area contributed by atoms with E-state index < -0.39 is 10.8 Å². The van der Waals surface area contributed by atoms with Crippen molar-refractivity contribution >= 4 is 17.3 Å². The molecule has 0 aliphatic rings. The Morgan fingerprint density at radius 2 is 2.24 bits per heavy atom. The van der Waals surface area contributed by atoms with Crippen molar-refractivity contribution in [2.75, 3.05) is 12.4 Å². The number of nitrogens with zero attached hydrogens (tertiary/aromatic N) is 3. The topological polar surface area (TPSA) is 99.3 Å². The number of hydrogen-bond donors (Lipinski definition) is 1. The smallest absolute Gasteiger partial charge is 0.276 e. The van der Waals surface area contributed by atoms with E-state index >= 15 is 0 Å². The zero-order valence-corrected chi connectivity index (χ0v) is 11.6. The largest absolute Gasteiger partial charge is 0.495 e. The maximum atomic E-state index is 12.1. The lowest BCUT2D eigenvalue weighted by atomic mass is 10.2. The first-order valence-corrected chi connectivity index (χ1v) is 6.22. The number of carbonyl (C=O) groups excluding carboxylic acids is 1. The molecule has 0 aliphatic carbocycles. The summed E-state index contributed by atoms with van der Waals surface area (Å²) in [6, 6.07) is 5.55. The van der Waals surface area contributed by atoms with Crippen molar-refractivity contribution in [2.45, 2.75) is 13.5 Å². The first-order chi connectivity index (χ1) is 10.0. The fraction of sp³-hybridized carbons (Fsp3) is 0.231. The fourth-order valence-electron chi connectivity index (χ4n) is 1.75. The van der Waals surface area contributed by atoms with Crippen molar-refractivity contribution in [3.05, 3.63) is 46.3 Å². The highest BCUT2D eigenvalue weighted by Gasteiger charge is 2.16. The zero-order valence-electron chi connectivity index (χ0n) is 11.6. The molecule has 0 saturated carbocycles. The van der Waals surface area contributed by atoms with Crippen LogP contribution in [0.1, 0.15) is 17.4 Å². The lowest BCUT2D eigenvalue weighted by molar-refractivity contribution is -0.384. The summed E-state index contributed by atoms with van der Waals surface area (Å²) in [5.41, 5.74) is 0.318. The van der Waals surface area contributed by atoms with Crippen LogP contribution in [-0.2, 0) is 6.54 Å². The fourth-order valence-corrected chi connectivity index (χ4v) is 1.75. The molecule has 2 rings (SSSR count). The van der Waals surface area contributed by atoms with Crippen LogP contribution in [0.2, 0.25) is 0 Å². The van der Waals surface area contributed by atoms with Crippen LogP contribution in [0, 0.1) is 10.1 Å². The average molecular weight is 290 g/mol. The molecule has 8 heteroatoms. The van der Waals surface area contributed by atoms with Crippen molar-refractivity contribution in [2.24, 2.45) is 0 Å². The normalized spacial score (nSPS) is 10.2. The summed E-state index contributed by atoms with van der Waals surface area (Å²) in [4.78, 5) is 22.3. The summed E-state index contributed by atoms with van der Waals surface area (Å²) in [7, 11) is 1.42. The molecule has 1 N–H and O–H groups in total. The molecule has 21 heavy (non-hydrogen) atoms. The average Bonchev–Trinajstić information content (AvgIpc) is 2.96. The van der Waals surface area contributed by atoms with Gasteiger partial charge in [0.25, 0.3) is 11.6 Å². The third-order valence-corrected chi connectivity index (χ3v) is 2.84. The summed E-state index contributed by atoms with van der Waals surface area (Å²) in [6.07, 6.45) is 1.68. The number of non-ortho nitro benzene ring substituents is 1. The maximum absolute atomic E-state index is 12.1. The van der Waals surface area contributed by atoms with Crippen molar-refractivity contribution in [1.29, 1.82) is 0 Å². The molecule has 2 aromatic rings. The number of carbonyl (C=O) groups is 1. The summed E-state index contributed by atoms with van der Waals surface area (Å²) in [5, 5.41) is 17.4. The van der Waals surface area contributed by atoms with Crippen LogP contribution < -0.4 is 10.1 Å². The van der Waals surface area contributed by atoms with Crippen LogP contribution in [0.5, 0.6) is 5.75 Å². The number of benzene rings is 1. The van der Waals surface area contributed by atoms with Crippen molar-refractivity contribution < 1.29 is 14.5 Å². The molecule has 1 aromatic heterocycles. The number of nitro groups is 1. The molecule has 110 valence electrons. The van der Waals surface area contributed by atoms with Crippen molar-refractivity contribution in [3.63, 3.8) is 0 Å². The quantitative estimate of drug-likeness (QED) is 0.671. The number of nitro benzene ring substituents is 1. The Bertz CT molecular complexity index is 681. The minimum atomic E-state index is -0.541. The number of anilines is 1. The second-order valence-electron chi connectivity index (χ2n) is 4.15. The summed E-state index contributed by atoms with van der Waals surface area (Å²) < 4.78 is 6.69. The van der Waals surface area contributed by atoms with E-state index in [1.807, 2.05) is 6.92 Å². The molecular weight excluding hydrogens is 276 g/mol. The summed E-state index contributed by atoms with van der Waals surface area (Å²) in [6.45, 7) is 2.55. The Balaban J connectivity index is 2.26. The number of amides is 1. The number of nitrogens with one attached hydrogen (secondary N) is 1. The predicted molar refractivity (Wildman–Crippen MR) is 75.5 cm³/mol. The predicted octanol–water partition coefficient (Wildman–Crippen LogP) is 2.07. The second-order valence-corrected chi connectivity index (χ2v) is 4.15. The lowest BCUT2D eigenvalue weighted by Crippen LogP contribution is -2.14. The Labute approximate surface area is 120 Å². The number of aryl methyl sites for hydroxylation is 1. The lowest BCUT2D eigenvalue weighted by Gasteiger charge is -2.08. The van der Waals surface area contributed by atoms with Crippen LogP contribution in [0.15, 0.2) is 30.5 Å². The van der Waals surface area contributed by atoms with Crippen molar-refractivity contribution in [3.8, 4) is 5.75 Å². The molecule has 0 radical (unpaired) electrons. The second kappa shape index (κ2) is 6.04. The van der Waals surface area contributed by atoms with Gasteiger partial charge in [-0.1, -0.05) is 0 Å². The number of methoxy groups -OCH3 is 1.